The van der Waals surface area contributed by atoms with E-state index in [0.29, 0.717) is 0 Å². The lowest BCUT2D eigenvalue weighted by molar-refractivity contribution is -0.139. The van der Waals surface area contributed by atoms with Gasteiger partial charge in [-0.05, 0) is 19.4 Å². The standard InChI is InChI=1S/C17H17ClN2O3/c1-3-22-17(21)15-13(8-18)23-16(20)12(9-19)14(15)11-6-4-10(2)5-7-11/h4-7,14H,3,8,20H2,1-2H3/t14-/m1/s1. The van der Waals surface area contributed by atoms with Gasteiger partial charge in [0, 0.05) is 0 Å². The summed E-state index contributed by atoms with van der Waals surface area (Å²) in [5, 5.41) is 9.46. The number of aryl methyl sites for hydroxylation is 1. The molecule has 0 radical (unpaired) electrons. The molecule has 1 aromatic carbocycles. The topological polar surface area (TPSA) is 85.3 Å². The first-order valence-electron chi connectivity index (χ1n) is 7.13. The second kappa shape index (κ2) is 7.21. The fourth-order valence-electron chi connectivity index (χ4n) is 2.44. The second-order valence-corrected chi connectivity index (χ2v) is 5.29. The van der Waals surface area contributed by atoms with Gasteiger partial charge in [0.25, 0.3) is 0 Å². The molecule has 1 atom stereocenters. The van der Waals surface area contributed by atoms with Crippen LogP contribution in [0.2, 0.25) is 0 Å². The highest BCUT2D eigenvalue weighted by Gasteiger charge is 2.37. The monoisotopic (exact) mass is 332 g/mol. The molecule has 0 saturated heterocycles. The molecule has 0 bridgehead atoms. The molecule has 23 heavy (non-hydrogen) atoms. The molecule has 0 fully saturated rings. The molecule has 120 valence electrons. The Balaban J connectivity index is 2.63. The number of esters is 1. The molecule has 6 heteroatoms. The summed E-state index contributed by atoms with van der Waals surface area (Å²) in [6, 6.07) is 9.53. The minimum Gasteiger partial charge on any atom is -0.463 e. The largest absolute Gasteiger partial charge is 0.463 e. The molecule has 1 aromatic rings. The van der Waals surface area contributed by atoms with Gasteiger partial charge in [-0.25, -0.2) is 4.79 Å². The molecule has 1 aliphatic heterocycles. The van der Waals surface area contributed by atoms with Gasteiger partial charge in [-0.1, -0.05) is 29.8 Å². The van der Waals surface area contributed by atoms with E-state index in [4.69, 9.17) is 26.8 Å². The van der Waals surface area contributed by atoms with Crippen LogP contribution in [-0.4, -0.2) is 18.5 Å². The average Bonchev–Trinajstić information content (AvgIpc) is 2.54. The number of rotatable bonds is 4. The van der Waals surface area contributed by atoms with Crippen molar-refractivity contribution in [3.05, 3.63) is 58.2 Å². The normalized spacial score (nSPS) is 17.6. The number of nitrogens with zero attached hydrogens (tertiary/aromatic N) is 1. The Morgan fingerprint density at radius 2 is 2.09 bits per heavy atom. The van der Waals surface area contributed by atoms with Gasteiger partial charge in [-0.3, -0.25) is 0 Å². The van der Waals surface area contributed by atoms with Crippen molar-refractivity contribution in [2.24, 2.45) is 5.73 Å². The van der Waals surface area contributed by atoms with Crippen LogP contribution in [-0.2, 0) is 14.3 Å². The first-order chi connectivity index (χ1) is 11.0. The van der Waals surface area contributed by atoms with Crippen molar-refractivity contribution < 1.29 is 14.3 Å². The Kier molecular flexibility index (Phi) is 5.30. The van der Waals surface area contributed by atoms with Crippen LogP contribution in [0, 0.1) is 18.3 Å². The van der Waals surface area contributed by atoms with Gasteiger partial charge in [0.15, 0.2) is 0 Å². The number of ether oxygens (including phenoxy) is 2. The molecule has 2 rings (SSSR count). The maximum Gasteiger partial charge on any atom is 0.338 e. The molecule has 1 heterocycles. The molecular weight excluding hydrogens is 316 g/mol. The Hall–Kier alpha value is -2.45. The van der Waals surface area contributed by atoms with E-state index in [2.05, 4.69) is 0 Å². The van der Waals surface area contributed by atoms with Crippen LogP contribution >= 0.6 is 11.6 Å². The van der Waals surface area contributed by atoms with Gasteiger partial charge in [-0.15, -0.1) is 11.6 Å². The average molecular weight is 333 g/mol. The number of carbonyl (C=O) groups excluding carboxylic acids is 1. The molecule has 0 amide bonds. The smallest absolute Gasteiger partial charge is 0.338 e. The van der Waals surface area contributed by atoms with Gasteiger partial charge in [0.05, 0.1) is 24.0 Å². The summed E-state index contributed by atoms with van der Waals surface area (Å²) in [7, 11) is 0. The van der Waals surface area contributed by atoms with E-state index in [1.165, 1.54) is 0 Å². The third kappa shape index (κ3) is 3.33. The lowest BCUT2D eigenvalue weighted by Gasteiger charge is -2.27. The van der Waals surface area contributed by atoms with Crippen LogP contribution in [0.15, 0.2) is 47.1 Å². The molecule has 5 nitrogen and oxygen atoms in total. The Morgan fingerprint density at radius 1 is 1.43 bits per heavy atom. The number of nitriles is 1. The zero-order valence-corrected chi connectivity index (χ0v) is 13.7. The van der Waals surface area contributed by atoms with E-state index < -0.39 is 11.9 Å². The van der Waals surface area contributed by atoms with E-state index in [9.17, 15) is 10.1 Å². The molecule has 0 aromatic heterocycles. The number of carbonyl (C=O) groups is 1. The van der Waals surface area contributed by atoms with E-state index in [-0.39, 0.29) is 35.3 Å². The van der Waals surface area contributed by atoms with E-state index >= 15 is 0 Å². The quantitative estimate of drug-likeness (QED) is 0.677. The van der Waals surface area contributed by atoms with Crippen LogP contribution in [0.5, 0.6) is 0 Å². The summed E-state index contributed by atoms with van der Waals surface area (Å²) in [4.78, 5) is 12.4. The van der Waals surface area contributed by atoms with Crippen LogP contribution in [0.4, 0.5) is 0 Å². The van der Waals surface area contributed by atoms with E-state index in [1.807, 2.05) is 37.3 Å². The third-order valence-corrected chi connectivity index (χ3v) is 3.77. The van der Waals surface area contributed by atoms with Crippen LogP contribution in [0.25, 0.3) is 0 Å². The summed E-state index contributed by atoms with van der Waals surface area (Å²) in [5.74, 6) is -1.08. The first-order valence-corrected chi connectivity index (χ1v) is 7.67. The van der Waals surface area contributed by atoms with Crippen molar-refractivity contribution in [1.29, 1.82) is 5.26 Å². The highest BCUT2D eigenvalue weighted by Crippen LogP contribution is 2.39. The Bertz CT molecular complexity index is 714. The molecule has 0 spiro atoms. The zero-order valence-electron chi connectivity index (χ0n) is 12.9. The van der Waals surface area contributed by atoms with Crippen molar-refractivity contribution in [1.82, 2.24) is 0 Å². The van der Waals surface area contributed by atoms with Gasteiger partial charge >= 0.3 is 5.97 Å². The Morgan fingerprint density at radius 3 is 2.61 bits per heavy atom. The van der Waals surface area contributed by atoms with Crippen molar-refractivity contribution in [2.45, 2.75) is 19.8 Å². The minimum absolute atomic E-state index is 0.0400. The molecule has 0 saturated carbocycles. The summed E-state index contributed by atoms with van der Waals surface area (Å²) in [5.41, 5.74) is 8.05. The Labute approximate surface area is 139 Å². The van der Waals surface area contributed by atoms with Crippen LogP contribution in [0.3, 0.4) is 0 Å². The number of alkyl halides is 1. The molecular formula is C17H17ClN2O3. The number of hydrogen-bond donors (Lipinski definition) is 1. The predicted octanol–water partition coefficient (Wildman–Crippen LogP) is 2.86. The predicted molar refractivity (Wildman–Crippen MR) is 86.2 cm³/mol. The fraction of sp³-hybridized carbons (Fsp3) is 0.294. The van der Waals surface area contributed by atoms with Gasteiger partial charge in [0.2, 0.25) is 5.88 Å². The van der Waals surface area contributed by atoms with Crippen LogP contribution < -0.4 is 5.73 Å². The summed E-state index contributed by atoms with van der Waals surface area (Å²) in [6.07, 6.45) is 0. The van der Waals surface area contributed by atoms with Gasteiger partial charge in [0.1, 0.15) is 17.4 Å². The van der Waals surface area contributed by atoms with Gasteiger partial charge < -0.3 is 15.2 Å². The lowest BCUT2D eigenvalue weighted by Crippen LogP contribution is -2.26. The summed E-state index contributed by atoms with van der Waals surface area (Å²) in [6.45, 7) is 3.87. The SMILES string of the molecule is CCOC(=O)C1=C(CCl)OC(N)=C(C#N)[C@H]1c1ccc(C)cc1. The highest BCUT2D eigenvalue weighted by atomic mass is 35.5. The van der Waals surface area contributed by atoms with Crippen molar-refractivity contribution in [3.8, 4) is 6.07 Å². The second-order valence-electron chi connectivity index (χ2n) is 5.03. The van der Waals surface area contributed by atoms with Crippen molar-refractivity contribution in [2.75, 3.05) is 12.5 Å². The first kappa shape index (κ1) is 16.9. The lowest BCUT2D eigenvalue weighted by atomic mass is 9.83. The fourth-order valence-corrected chi connectivity index (χ4v) is 2.64. The maximum atomic E-state index is 12.4. The molecule has 0 aliphatic carbocycles. The number of allylic oxidation sites excluding steroid dienone is 2. The number of halogens is 1. The highest BCUT2D eigenvalue weighted by molar-refractivity contribution is 6.19. The van der Waals surface area contributed by atoms with Crippen LogP contribution in [0.1, 0.15) is 24.0 Å². The maximum absolute atomic E-state index is 12.4. The third-order valence-electron chi connectivity index (χ3n) is 3.52. The number of hydrogen-bond acceptors (Lipinski definition) is 5. The summed E-state index contributed by atoms with van der Waals surface area (Å²) >= 11 is 5.90. The molecule has 1 aliphatic rings. The van der Waals surface area contributed by atoms with E-state index in [0.717, 1.165) is 11.1 Å². The van der Waals surface area contributed by atoms with E-state index in [1.54, 1.807) is 6.92 Å². The molecule has 2 N–H and O–H groups in total. The minimum atomic E-state index is -0.651. The molecule has 0 unspecified atom stereocenters. The van der Waals surface area contributed by atoms with Crippen molar-refractivity contribution in [3.63, 3.8) is 0 Å². The van der Waals surface area contributed by atoms with Gasteiger partial charge in [-0.2, -0.15) is 5.26 Å². The number of benzene rings is 1. The zero-order chi connectivity index (χ0) is 17.0. The van der Waals surface area contributed by atoms with Crippen molar-refractivity contribution >= 4 is 17.6 Å². The number of nitrogens with two attached hydrogens (primary N) is 1. The summed E-state index contributed by atoms with van der Waals surface area (Å²) < 4.78 is 10.5.